The molecule has 18 heavy (non-hydrogen) atoms. The Kier molecular flexibility index (Phi) is 4.29. The van der Waals surface area contributed by atoms with E-state index in [1.807, 2.05) is 25.1 Å². The Morgan fingerprint density at radius 3 is 2.83 bits per heavy atom. The van der Waals surface area contributed by atoms with Crippen LogP contribution >= 0.6 is 15.9 Å². The number of sulfonamides is 1. The molecule has 100 valence electrons. The highest BCUT2D eigenvalue weighted by atomic mass is 79.9. The molecule has 6 heteroatoms. The molecule has 0 amide bonds. The molecule has 1 aromatic carbocycles. The topological polar surface area (TPSA) is 49.4 Å². The van der Waals surface area contributed by atoms with E-state index in [1.54, 1.807) is 4.31 Å². The van der Waals surface area contributed by atoms with E-state index in [0.717, 1.165) is 28.7 Å². The zero-order chi connectivity index (χ0) is 13.2. The maximum atomic E-state index is 12.3. The summed E-state index contributed by atoms with van der Waals surface area (Å²) in [5, 5.41) is 3.13. The normalized spacial score (nSPS) is 20.2. The summed E-state index contributed by atoms with van der Waals surface area (Å²) < 4.78 is 27.1. The average Bonchev–Trinajstić information content (AvgIpc) is 2.27. The summed E-state index contributed by atoms with van der Waals surface area (Å²) >= 11 is 3.40. The van der Waals surface area contributed by atoms with E-state index in [9.17, 15) is 8.42 Å². The van der Waals surface area contributed by atoms with Gasteiger partial charge < -0.3 is 5.32 Å². The van der Waals surface area contributed by atoms with Gasteiger partial charge in [-0.25, -0.2) is 8.42 Å². The fraction of sp³-hybridized carbons (Fsp3) is 0.500. The van der Waals surface area contributed by atoms with Gasteiger partial charge in [0.15, 0.2) is 0 Å². The number of aryl methyl sites for hydroxylation is 1. The summed E-state index contributed by atoms with van der Waals surface area (Å²) in [7, 11) is -3.22. The first-order valence-corrected chi connectivity index (χ1v) is 8.38. The Hall–Kier alpha value is -0.590. The van der Waals surface area contributed by atoms with Gasteiger partial charge >= 0.3 is 0 Å². The van der Waals surface area contributed by atoms with Gasteiger partial charge in [0.1, 0.15) is 0 Å². The third-order valence-electron chi connectivity index (χ3n) is 3.01. The van der Waals surface area contributed by atoms with Gasteiger partial charge in [-0.3, -0.25) is 4.31 Å². The highest BCUT2D eigenvalue weighted by molar-refractivity contribution is 9.10. The first-order chi connectivity index (χ1) is 8.50. The molecule has 1 saturated heterocycles. The van der Waals surface area contributed by atoms with Crippen molar-refractivity contribution in [1.29, 1.82) is 0 Å². The summed E-state index contributed by atoms with van der Waals surface area (Å²) in [6.07, 6.45) is 0.828. The second-order valence-electron chi connectivity index (χ2n) is 4.42. The van der Waals surface area contributed by atoms with Gasteiger partial charge in [-0.2, -0.15) is 0 Å². The zero-order valence-electron chi connectivity index (χ0n) is 10.3. The number of anilines is 1. The number of rotatable bonds is 1. The van der Waals surface area contributed by atoms with Crippen molar-refractivity contribution in [3.05, 3.63) is 28.2 Å². The molecular weight excluding hydrogens is 316 g/mol. The molecule has 0 aliphatic carbocycles. The van der Waals surface area contributed by atoms with Gasteiger partial charge in [0.25, 0.3) is 0 Å². The molecule has 1 aliphatic rings. The molecular formula is C12H17BrN2O2S. The van der Waals surface area contributed by atoms with E-state index in [-0.39, 0.29) is 5.75 Å². The van der Waals surface area contributed by atoms with Crippen molar-refractivity contribution in [2.45, 2.75) is 13.3 Å². The number of nitrogens with one attached hydrogen (secondary N) is 1. The lowest BCUT2D eigenvalue weighted by Gasteiger charge is -2.28. The van der Waals surface area contributed by atoms with Crippen molar-refractivity contribution < 1.29 is 8.42 Å². The first kappa shape index (κ1) is 13.8. The predicted octanol–water partition coefficient (Wildman–Crippen LogP) is 1.89. The molecule has 0 unspecified atom stereocenters. The van der Waals surface area contributed by atoms with E-state index in [0.29, 0.717) is 13.1 Å². The molecule has 0 radical (unpaired) electrons. The van der Waals surface area contributed by atoms with Crippen LogP contribution in [0.15, 0.2) is 22.7 Å². The van der Waals surface area contributed by atoms with Gasteiger partial charge in [-0.05, 0) is 43.7 Å². The predicted molar refractivity (Wildman–Crippen MR) is 77.5 cm³/mol. The SMILES string of the molecule is Cc1cc(Br)ccc1N1CCCNCCS1(=O)=O. The van der Waals surface area contributed by atoms with Crippen LogP contribution in [0.4, 0.5) is 5.69 Å². The molecule has 0 atom stereocenters. The van der Waals surface area contributed by atoms with Crippen LogP contribution in [0.25, 0.3) is 0 Å². The Bertz CT molecular complexity index is 531. The lowest BCUT2D eigenvalue weighted by Crippen LogP contribution is -2.41. The van der Waals surface area contributed by atoms with E-state index in [4.69, 9.17) is 0 Å². The Morgan fingerprint density at radius 2 is 2.11 bits per heavy atom. The van der Waals surface area contributed by atoms with Gasteiger partial charge in [-0.1, -0.05) is 15.9 Å². The van der Waals surface area contributed by atoms with Crippen molar-refractivity contribution in [1.82, 2.24) is 5.32 Å². The molecule has 1 N–H and O–H groups in total. The van der Waals surface area contributed by atoms with Crippen LogP contribution in [-0.2, 0) is 10.0 Å². The van der Waals surface area contributed by atoms with Gasteiger partial charge in [0.2, 0.25) is 10.0 Å². The summed E-state index contributed by atoms with van der Waals surface area (Å²) in [5.74, 6) is 0.155. The number of hydrogen-bond donors (Lipinski definition) is 1. The maximum Gasteiger partial charge on any atom is 0.236 e. The highest BCUT2D eigenvalue weighted by Gasteiger charge is 2.24. The van der Waals surface area contributed by atoms with Crippen molar-refractivity contribution in [3.63, 3.8) is 0 Å². The molecule has 1 aliphatic heterocycles. The summed E-state index contributed by atoms with van der Waals surface area (Å²) in [4.78, 5) is 0. The van der Waals surface area contributed by atoms with Crippen LogP contribution in [0.1, 0.15) is 12.0 Å². The summed E-state index contributed by atoms with van der Waals surface area (Å²) in [6, 6.07) is 5.70. The van der Waals surface area contributed by atoms with Crippen LogP contribution in [0.3, 0.4) is 0 Å². The minimum absolute atomic E-state index is 0.155. The van der Waals surface area contributed by atoms with Gasteiger partial charge in [0, 0.05) is 17.6 Å². The lowest BCUT2D eigenvalue weighted by molar-refractivity contribution is 0.572. The molecule has 1 heterocycles. The van der Waals surface area contributed by atoms with Crippen molar-refractivity contribution in [3.8, 4) is 0 Å². The quantitative estimate of drug-likeness (QED) is 0.854. The highest BCUT2D eigenvalue weighted by Crippen LogP contribution is 2.26. The summed E-state index contributed by atoms with van der Waals surface area (Å²) in [6.45, 7) is 3.86. The number of benzene rings is 1. The number of halogens is 1. The molecule has 0 aromatic heterocycles. The second kappa shape index (κ2) is 5.59. The Labute approximate surface area is 117 Å². The molecule has 0 bridgehead atoms. The van der Waals surface area contributed by atoms with Crippen molar-refractivity contribution >= 4 is 31.6 Å². The zero-order valence-corrected chi connectivity index (χ0v) is 12.7. The van der Waals surface area contributed by atoms with E-state index < -0.39 is 10.0 Å². The maximum absolute atomic E-state index is 12.3. The van der Waals surface area contributed by atoms with Crippen molar-refractivity contribution in [2.24, 2.45) is 0 Å². The fourth-order valence-corrected chi connectivity index (χ4v) is 4.10. The fourth-order valence-electron chi connectivity index (χ4n) is 2.09. The van der Waals surface area contributed by atoms with Gasteiger partial charge in [-0.15, -0.1) is 0 Å². The van der Waals surface area contributed by atoms with E-state index in [1.165, 1.54) is 0 Å². The van der Waals surface area contributed by atoms with Gasteiger partial charge in [0.05, 0.1) is 11.4 Å². The van der Waals surface area contributed by atoms with Crippen LogP contribution in [0, 0.1) is 6.92 Å². The number of nitrogens with zero attached hydrogens (tertiary/aromatic N) is 1. The van der Waals surface area contributed by atoms with Crippen LogP contribution in [-0.4, -0.2) is 33.8 Å². The summed E-state index contributed by atoms with van der Waals surface area (Å²) in [5.41, 5.74) is 1.77. The second-order valence-corrected chi connectivity index (χ2v) is 7.35. The lowest BCUT2D eigenvalue weighted by atomic mass is 10.2. The Morgan fingerprint density at radius 1 is 1.33 bits per heavy atom. The number of hydrogen-bond acceptors (Lipinski definition) is 3. The smallest absolute Gasteiger partial charge is 0.236 e. The minimum atomic E-state index is -3.22. The minimum Gasteiger partial charge on any atom is -0.316 e. The van der Waals surface area contributed by atoms with Crippen molar-refractivity contribution in [2.75, 3.05) is 29.7 Å². The molecule has 0 saturated carbocycles. The monoisotopic (exact) mass is 332 g/mol. The molecule has 1 fully saturated rings. The standard InChI is InChI=1S/C12H17BrN2O2S/c1-10-9-11(13)3-4-12(10)15-7-2-5-14-6-8-18(15,16)17/h3-4,9,14H,2,5-8H2,1H3. The van der Waals surface area contributed by atoms with E-state index in [2.05, 4.69) is 21.2 Å². The van der Waals surface area contributed by atoms with Crippen LogP contribution in [0.2, 0.25) is 0 Å². The molecule has 0 spiro atoms. The molecule has 4 nitrogen and oxygen atoms in total. The molecule has 2 rings (SSSR count). The third-order valence-corrected chi connectivity index (χ3v) is 5.28. The first-order valence-electron chi connectivity index (χ1n) is 5.98. The third kappa shape index (κ3) is 3.05. The Balaban J connectivity index is 2.38. The average molecular weight is 333 g/mol. The molecule has 1 aromatic rings. The van der Waals surface area contributed by atoms with Crippen LogP contribution < -0.4 is 9.62 Å². The van der Waals surface area contributed by atoms with E-state index >= 15 is 0 Å². The largest absolute Gasteiger partial charge is 0.316 e. The van der Waals surface area contributed by atoms with Crippen LogP contribution in [0.5, 0.6) is 0 Å².